The van der Waals surface area contributed by atoms with Crippen molar-refractivity contribution in [3.63, 3.8) is 0 Å². The summed E-state index contributed by atoms with van der Waals surface area (Å²) in [4.78, 5) is 5.90. The van der Waals surface area contributed by atoms with Crippen LogP contribution < -0.4 is 9.57 Å². The summed E-state index contributed by atoms with van der Waals surface area (Å²) in [6.45, 7) is 2.07. The van der Waals surface area contributed by atoms with Crippen molar-refractivity contribution >= 4 is 0 Å². The Bertz CT molecular complexity index is 292. The molecule has 0 atom stereocenters. The van der Waals surface area contributed by atoms with Gasteiger partial charge in [0.2, 0.25) is 11.9 Å². The van der Waals surface area contributed by atoms with Crippen LogP contribution in [-0.4, -0.2) is 6.10 Å². The fraction of sp³-hybridized carbons (Fsp3) is 0.583. The molecule has 2 heteroatoms. The van der Waals surface area contributed by atoms with Crippen LogP contribution in [0, 0.1) is 6.92 Å². The molecule has 1 heterocycles. The Balaban J connectivity index is 1.99. The number of aromatic nitrogens is 1. The minimum Gasteiger partial charge on any atom is -0.268 e. The van der Waals surface area contributed by atoms with Crippen LogP contribution in [0.1, 0.15) is 37.8 Å². The first-order valence-electron chi connectivity index (χ1n) is 5.51. The molecule has 1 fully saturated rings. The molecule has 1 aromatic rings. The first-order chi connectivity index (χ1) is 6.86. The second-order valence-electron chi connectivity index (χ2n) is 4.03. The van der Waals surface area contributed by atoms with Crippen molar-refractivity contribution in [3.8, 4) is 0 Å². The summed E-state index contributed by atoms with van der Waals surface area (Å²) in [7, 11) is 0. The summed E-state index contributed by atoms with van der Waals surface area (Å²) in [5, 5.41) is 0. The lowest BCUT2D eigenvalue weighted by Crippen LogP contribution is -2.50. The predicted molar refractivity (Wildman–Crippen MR) is 54.8 cm³/mol. The SMILES string of the molecule is Cc1cccc[n+]1OC1CCCCC1. The third-order valence-corrected chi connectivity index (χ3v) is 2.83. The van der Waals surface area contributed by atoms with Crippen molar-refractivity contribution in [1.82, 2.24) is 0 Å². The molecule has 1 aromatic heterocycles. The summed E-state index contributed by atoms with van der Waals surface area (Å²) in [6, 6.07) is 6.12. The minimum atomic E-state index is 0.426. The van der Waals surface area contributed by atoms with E-state index < -0.39 is 0 Å². The first-order valence-corrected chi connectivity index (χ1v) is 5.51. The molecular formula is C12H18NO+. The summed E-state index contributed by atoms with van der Waals surface area (Å²) in [6.07, 6.45) is 8.84. The molecule has 1 aliphatic rings. The lowest BCUT2D eigenvalue weighted by atomic mass is 9.98. The largest absolute Gasteiger partial charge is 0.268 e. The maximum Gasteiger partial charge on any atom is 0.231 e. The quantitative estimate of drug-likeness (QED) is 0.654. The first kappa shape index (κ1) is 9.50. The van der Waals surface area contributed by atoms with Crippen molar-refractivity contribution in [3.05, 3.63) is 30.1 Å². The number of nitrogens with zero attached hydrogens (tertiary/aromatic N) is 1. The fourth-order valence-electron chi connectivity index (χ4n) is 1.96. The van der Waals surface area contributed by atoms with Gasteiger partial charge in [-0.25, -0.2) is 0 Å². The molecule has 0 saturated heterocycles. The van der Waals surface area contributed by atoms with Crippen molar-refractivity contribution in [2.75, 3.05) is 0 Å². The lowest BCUT2D eigenvalue weighted by Gasteiger charge is -2.17. The Morgan fingerprint density at radius 1 is 1.21 bits per heavy atom. The normalized spacial score (nSPS) is 18.1. The van der Waals surface area contributed by atoms with Gasteiger partial charge in [0.25, 0.3) is 0 Å². The Morgan fingerprint density at radius 3 is 2.71 bits per heavy atom. The monoisotopic (exact) mass is 192 g/mol. The van der Waals surface area contributed by atoms with Crippen molar-refractivity contribution in [2.45, 2.75) is 45.1 Å². The summed E-state index contributed by atoms with van der Waals surface area (Å²) in [5.41, 5.74) is 1.16. The molecule has 0 radical (unpaired) electrons. The number of rotatable bonds is 2. The van der Waals surface area contributed by atoms with E-state index in [1.165, 1.54) is 32.1 Å². The fourth-order valence-corrected chi connectivity index (χ4v) is 1.96. The Morgan fingerprint density at radius 2 is 2.00 bits per heavy atom. The highest BCUT2D eigenvalue weighted by Crippen LogP contribution is 2.17. The second-order valence-corrected chi connectivity index (χ2v) is 4.03. The summed E-state index contributed by atoms with van der Waals surface area (Å²) >= 11 is 0. The zero-order chi connectivity index (χ0) is 9.80. The van der Waals surface area contributed by atoms with E-state index in [2.05, 4.69) is 13.0 Å². The number of hydrogen-bond acceptors (Lipinski definition) is 1. The van der Waals surface area contributed by atoms with E-state index in [0.717, 1.165) is 5.69 Å². The second kappa shape index (κ2) is 4.45. The van der Waals surface area contributed by atoms with Gasteiger partial charge in [-0.15, -0.1) is 0 Å². The molecule has 14 heavy (non-hydrogen) atoms. The zero-order valence-corrected chi connectivity index (χ0v) is 8.78. The molecular weight excluding hydrogens is 174 g/mol. The van der Waals surface area contributed by atoms with E-state index in [1.54, 1.807) is 0 Å². The molecule has 1 saturated carbocycles. The van der Waals surface area contributed by atoms with Crippen molar-refractivity contribution < 1.29 is 9.57 Å². The molecule has 0 aliphatic heterocycles. The number of aryl methyl sites for hydroxylation is 1. The molecule has 2 nitrogen and oxygen atoms in total. The van der Waals surface area contributed by atoms with Crippen LogP contribution in [0.25, 0.3) is 0 Å². The van der Waals surface area contributed by atoms with Gasteiger partial charge >= 0.3 is 0 Å². The predicted octanol–water partition coefficient (Wildman–Crippen LogP) is 2.04. The summed E-state index contributed by atoms with van der Waals surface area (Å²) in [5.74, 6) is 0. The average molecular weight is 192 g/mol. The van der Waals surface area contributed by atoms with Gasteiger partial charge in [-0.05, 0) is 31.7 Å². The van der Waals surface area contributed by atoms with Gasteiger partial charge in [-0.1, -0.05) is 6.42 Å². The molecule has 0 spiro atoms. The Labute approximate surface area is 85.5 Å². The molecule has 1 aliphatic carbocycles. The van der Waals surface area contributed by atoms with Crippen LogP contribution in [0.2, 0.25) is 0 Å². The highest BCUT2D eigenvalue weighted by molar-refractivity contribution is 4.93. The number of hydrogen-bond donors (Lipinski definition) is 0. The molecule has 0 aromatic carbocycles. The smallest absolute Gasteiger partial charge is 0.231 e. The van der Waals surface area contributed by atoms with E-state index in [9.17, 15) is 0 Å². The number of pyridine rings is 1. The van der Waals surface area contributed by atoms with Crippen LogP contribution in [0.4, 0.5) is 0 Å². The lowest BCUT2D eigenvalue weighted by molar-refractivity contribution is -0.903. The molecule has 0 amide bonds. The van der Waals surface area contributed by atoms with Gasteiger partial charge in [0, 0.05) is 23.8 Å². The standard InChI is InChI=1S/C12H18NO/c1-11-7-5-6-10-13(11)14-12-8-3-2-4-9-12/h5-7,10,12H,2-4,8-9H2,1H3/q+1. The van der Waals surface area contributed by atoms with Gasteiger partial charge < -0.3 is 0 Å². The van der Waals surface area contributed by atoms with Gasteiger partial charge in [-0.2, -0.15) is 0 Å². The van der Waals surface area contributed by atoms with Crippen LogP contribution >= 0.6 is 0 Å². The molecule has 2 rings (SSSR count). The highest BCUT2D eigenvalue weighted by Gasteiger charge is 2.19. The van der Waals surface area contributed by atoms with E-state index in [0.29, 0.717) is 6.10 Å². The summed E-state index contributed by atoms with van der Waals surface area (Å²) < 4.78 is 1.90. The van der Waals surface area contributed by atoms with Gasteiger partial charge in [-0.3, -0.25) is 4.84 Å². The topological polar surface area (TPSA) is 13.1 Å². The maximum absolute atomic E-state index is 5.90. The average Bonchev–Trinajstić information content (AvgIpc) is 2.23. The van der Waals surface area contributed by atoms with Gasteiger partial charge in [0.15, 0.2) is 6.10 Å². The van der Waals surface area contributed by atoms with Crippen LogP contribution in [0.5, 0.6) is 0 Å². The van der Waals surface area contributed by atoms with E-state index >= 15 is 0 Å². The van der Waals surface area contributed by atoms with Crippen LogP contribution in [0.3, 0.4) is 0 Å². The van der Waals surface area contributed by atoms with Gasteiger partial charge in [0.1, 0.15) is 0 Å². The van der Waals surface area contributed by atoms with Crippen molar-refractivity contribution in [1.29, 1.82) is 0 Å². The van der Waals surface area contributed by atoms with E-state index in [1.807, 2.05) is 23.1 Å². The van der Waals surface area contributed by atoms with Crippen molar-refractivity contribution in [2.24, 2.45) is 0 Å². The maximum atomic E-state index is 5.90. The third-order valence-electron chi connectivity index (χ3n) is 2.83. The Hall–Kier alpha value is -1.05. The third kappa shape index (κ3) is 2.25. The van der Waals surface area contributed by atoms with E-state index in [-0.39, 0.29) is 0 Å². The Kier molecular flexibility index (Phi) is 3.02. The highest BCUT2D eigenvalue weighted by atomic mass is 16.7. The molecule has 0 bridgehead atoms. The molecule has 0 N–H and O–H groups in total. The van der Waals surface area contributed by atoms with E-state index in [4.69, 9.17) is 4.84 Å². The minimum absolute atomic E-state index is 0.426. The van der Waals surface area contributed by atoms with Crippen LogP contribution in [0.15, 0.2) is 24.4 Å². The van der Waals surface area contributed by atoms with Crippen LogP contribution in [-0.2, 0) is 0 Å². The molecule has 0 unspecified atom stereocenters. The molecule has 76 valence electrons. The van der Waals surface area contributed by atoms with Gasteiger partial charge in [0.05, 0.1) is 0 Å². The zero-order valence-electron chi connectivity index (χ0n) is 8.78.